The maximum atomic E-state index is 12.7. The van der Waals surface area contributed by atoms with Crippen LogP contribution in [0.1, 0.15) is 23.0 Å². The summed E-state index contributed by atoms with van der Waals surface area (Å²) in [6.07, 6.45) is 0. The predicted molar refractivity (Wildman–Crippen MR) is 102 cm³/mol. The molecule has 2 aromatic rings. The van der Waals surface area contributed by atoms with Gasteiger partial charge < -0.3 is 19.9 Å². The highest BCUT2D eigenvalue weighted by Gasteiger charge is 2.23. The molecule has 1 N–H and O–H groups in total. The van der Waals surface area contributed by atoms with E-state index in [1.807, 2.05) is 43.0 Å². The molecule has 1 fully saturated rings. The number of hydrogen-bond donors (Lipinski definition) is 1. The maximum Gasteiger partial charge on any atom is 0.254 e. The first-order chi connectivity index (χ1) is 12.6. The summed E-state index contributed by atoms with van der Waals surface area (Å²) >= 11 is 0. The largest absolute Gasteiger partial charge is 0.497 e. The number of hydrogen-bond acceptors (Lipinski definition) is 6. The van der Waals surface area contributed by atoms with Gasteiger partial charge in [0, 0.05) is 50.0 Å². The predicted octanol–water partition coefficient (Wildman–Crippen LogP) is 2.19. The number of nitrogens with one attached hydrogen (secondary N) is 1. The Kier molecular flexibility index (Phi) is 5.55. The van der Waals surface area contributed by atoms with Gasteiger partial charge in [-0.25, -0.2) is 4.98 Å². The van der Waals surface area contributed by atoms with E-state index < -0.39 is 0 Å². The van der Waals surface area contributed by atoms with Gasteiger partial charge in [0.05, 0.1) is 7.11 Å². The Morgan fingerprint density at radius 3 is 2.65 bits per heavy atom. The average Bonchev–Trinajstić information content (AvgIpc) is 2.67. The molecule has 7 nitrogen and oxygen atoms in total. The molecule has 0 unspecified atom stereocenters. The van der Waals surface area contributed by atoms with Gasteiger partial charge in [0.2, 0.25) is 5.95 Å². The van der Waals surface area contributed by atoms with E-state index in [9.17, 15) is 4.79 Å². The zero-order chi connectivity index (χ0) is 18.5. The highest BCUT2D eigenvalue weighted by atomic mass is 16.5. The van der Waals surface area contributed by atoms with Crippen LogP contribution in [-0.2, 0) is 0 Å². The fourth-order valence-electron chi connectivity index (χ4n) is 3.03. The summed E-state index contributed by atoms with van der Waals surface area (Å²) < 4.78 is 5.21. The molecule has 1 amide bonds. The smallest absolute Gasteiger partial charge is 0.254 e. The van der Waals surface area contributed by atoms with Crippen LogP contribution in [0.25, 0.3) is 0 Å². The second-order valence-corrected chi connectivity index (χ2v) is 6.23. The second-order valence-electron chi connectivity index (χ2n) is 6.23. The molecule has 3 rings (SSSR count). The topological polar surface area (TPSA) is 70.6 Å². The number of benzene rings is 1. The van der Waals surface area contributed by atoms with Crippen LogP contribution < -0.4 is 15.0 Å². The van der Waals surface area contributed by atoms with Gasteiger partial charge in [0.1, 0.15) is 11.6 Å². The number of nitrogens with zero attached hydrogens (tertiary/aromatic N) is 4. The minimum atomic E-state index is 0.0377. The third-order valence-corrected chi connectivity index (χ3v) is 4.38. The van der Waals surface area contributed by atoms with Gasteiger partial charge in [-0.3, -0.25) is 4.79 Å². The molecule has 0 radical (unpaired) electrons. The number of ether oxygens (including phenoxy) is 1. The van der Waals surface area contributed by atoms with Gasteiger partial charge in [-0.05, 0) is 32.0 Å². The number of piperazine rings is 1. The normalized spacial score (nSPS) is 14.3. The number of aryl methyl sites for hydroxylation is 1. The van der Waals surface area contributed by atoms with Crippen molar-refractivity contribution >= 4 is 17.7 Å². The van der Waals surface area contributed by atoms with E-state index in [-0.39, 0.29) is 5.91 Å². The Bertz CT molecular complexity index is 772. The molecule has 1 aliphatic heterocycles. The SMILES string of the molecule is CCNc1nc(C)cc(N2CCN(C(=O)c3cccc(OC)c3)CC2)n1. The number of amides is 1. The van der Waals surface area contributed by atoms with E-state index in [1.165, 1.54) is 0 Å². The summed E-state index contributed by atoms with van der Waals surface area (Å²) in [5.74, 6) is 2.29. The minimum Gasteiger partial charge on any atom is -0.497 e. The number of carbonyl (C=O) groups is 1. The fourth-order valence-corrected chi connectivity index (χ4v) is 3.03. The number of rotatable bonds is 5. The van der Waals surface area contributed by atoms with Crippen LogP contribution in [0.4, 0.5) is 11.8 Å². The molecule has 0 bridgehead atoms. The lowest BCUT2D eigenvalue weighted by Gasteiger charge is -2.35. The Hall–Kier alpha value is -2.83. The standard InChI is InChI=1S/C19H25N5O2/c1-4-20-19-21-14(2)12-17(22-19)23-8-10-24(11-9-23)18(25)15-6-5-7-16(13-15)26-3/h5-7,12-13H,4,8-11H2,1-3H3,(H,20,21,22). The molecule has 138 valence electrons. The van der Waals surface area contributed by atoms with Gasteiger partial charge in [0.25, 0.3) is 5.91 Å². The van der Waals surface area contributed by atoms with E-state index in [0.29, 0.717) is 30.4 Å². The monoisotopic (exact) mass is 355 g/mol. The minimum absolute atomic E-state index is 0.0377. The third-order valence-electron chi connectivity index (χ3n) is 4.38. The molecule has 1 aromatic heterocycles. The Labute approximate surface area is 154 Å². The van der Waals surface area contributed by atoms with Crippen LogP contribution >= 0.6 is 0 Å². The first-order valence-electron chi connectivity index (χ1n) is 8.88. The summed E-state index contributed by atoms with van der Waals surface area (Å²) in [4.78, 5) is 25.8. The van der Waals surface area contributed by atoms with Crippen molar-refractivity contribution in [3.8, 4) is 5.75 Å². The van der Waals surface area contributed by atoms with E-state index in [1.54, 1.807) is 13.2 Å². The highest BCUT2D eigenvalue weighted by Crippen LogP contribution is 2.19. The second kappa shape index (κ2) is 8.03. The fraction of sp³-hybridized carbons (Fsp3) is 0.421. The van der Waals surface area contributed by atoms with Gasteiger partial charge >= 0.3 is 0 Å². The first-order valence-corrected chi connectivity index (χ1v) is 8.88. The van der Waals surface area contributed by atoms with E-state index in [2.05, 4.69) is 20.2 Å². The highest BCUT2D eigenvalue weighted by molar-refractivity contribution is 5.94. The molecule has 0 aliphatic carbocycles. The van der Waals surface area contributed by atoms with Crippen molar-refractivity contribution in [1.29, 1.82) is 0 Å². The molecular weight excluding hydrogens is 330 g/mol. The average molecular weight is 355 g/mol. The molecule has 7 heteroatoms. The molecule has 1 saturated heterocycles. The van der Waals surface area contributed by atoms with Gasteiger partial charge in [-0.2, -0.15) is 4.98 Å². The van der Waals surface area contributed by atoms with E-state index in [4.69, 9.17) is 4.74 Å². The van der Waals surface area contributed by atoms with Crippen molar-refractivity contribution < 1.29 is 9.53 Å². The number of methoxy groups -OCH3 is 1. The third kappa shape index (κ3) is 4.04. The van der Waals surface area contributed by atoms with Crippen molar-refractivity contribution in [3.05, 3.63) is 41.6 Å². The number of aromatic nitrogens is 2. The van der Waals surface area contributed by atoms with Crippen molar-refractivity contribution in [3.63, 3.8) is 0 Å². The first kappa shape index (κ1) is 18.0. The molecular formula is C19H25N5O2. The van der Waals surface area contributed by atoms with Gasteiger partial charge in [-0.1, -0.05) is 6.07 Å². The van der Waals surface area contributed by atoms with Crippen molar-refractivity contribution in [2.75, 3.05) is 50.1 Å². The summed E-state index contributed by atoms with van der Waals surface area (Å²) in [6.45, 7) is 7.59. The van der Waals surface area contributed by atoms with Gasteiger partial charge in [-0.15, -0.1) is 0 Å². The molecule has 1 aromatic carbocycles. The lowest BCUT2D eigenvalue weighted by molar-refractivity contribution is 0.0746. The van der Waals surface area contributed by atoms with Crippen LogP contribution in [0, 0.1) is 6.92 Å². The van der Waals surface area contributed by atoms with Crippen molar-refractivity contribution in [1.82, 2.24) is 14.9 Å². The molecule has 26 heavy (non-hydrogen) atoms. The number of anilines is 2. The van der Waals surface area contributed by atoms with E-state index >= 15 is 0 Å². The van der Waals surface area contributed by atoms with Gasteiger partial charge in [0.15, 0.2) is 0 Å². The summed E-state index contributed by atoms with van der Waals surface area (Å²) in [5.41, 5.74) is 1.59. The van der Waals surface area contributed by atoms with Crippen LogP contribution in [0.5, 0.6) is 5.75 Å². The molecule has 0 atom stereocenters. The van der Waals surface area contributed by atoms with Crippen LogP contribution in [0.3, 0.4) is 0 Å². The van der Waals surface area contributed by atoms with E-state index in [0.717, 1.165) is 31.1 Å². The van der Waals surface area contributed by atoms with Crippen LogP contribution in [-0.4, -0.2) is 60.6 Å². The molecule has 0 saturated carbocycles. The van der Waals surface area contributed by atoms with Crippen molar-refractivity contribution in [2.24, 2.45) is 0 Å². The molecule has 2 heterocycles. The Morgan fingerprint density at radius 2 is 1.96 bits per heavy atom. The maximum absolute atomic E-state index is 12.7. The Balaban J connectivity index is 1.66. The number of carbonyl (C=O) groups excluding carboxylic acids is 1. The lowest BCUT2D eigenvalue weighted by Crippen LogP contribution is -2.49. The summed E-state index contributed by atoms with van der Waals surface area (Å²) in [6, 6.07) is 9.28. The molecule has 0 spiro atoms. The lowest BCUT2D eigenvalue weighted by atomic mass is 10.1. The summed E-state index contributed by atoms with van der Waals surface area (Å²) in [7, 11) is 1.60. The Morgan fingerprint density at radius 1 is 1.19 bits per heavy atom. The van der Waals surface area contributed by atoms with Crippen LogP contribution in [0.2, 0.25) is 0 Å². The molecule has 1 aliphatic rings. The van der Waals surface area contributed by atoms with Crippen molar-refractivity contribution in [2.45, 2.75) is 13.8 Å². The summed E-state index contributed by atoms with van der Waals surface area (Å²) in [5, 5.41) is 3.16. The quantitative estimate of drug-likeness (QED) is 0.887. The van der Waals surface area contributed by atoms with Crippen LogP contribution in [0.15, 0.2) is 30.3 Å². The zero-order valence-corrected chi connectivity index (χ0v) is 15.5. The zero-order valence-electron chi connectivity index (χ0n) is 15.5.